The average molecular weight is 538 g/mol. The van der Waals surface area contributed by atoms with Gasteiger partial charge in [0.05, 0.1) is 17.9 Å². The van der Waals surface area contributed by atoms with Crippen LogP contribution < -0.4 is 9.64 Å². The van der Waals surface area contributed by atoms with Crippen molar-refractivity contribution in [2.24, 2.45) is 0 Å². The molecule has 0 amide bonds. The molecule has 0 aromatic heterocycles. The van der Waals surface area contributed by atoms with E-state index in [-0.39, 0.29) is 29.8 Å². The zero-order valence-corrected chi connectivity index (χ0v) is 22.1. The van der Waals surface area contributed by atoms with Gasteiger partial charge < -0.3 is 14.7 Å². The number of hydrogen-bond donors (Lipinski definition) is 1. The number of aromatic carboxylic acids is 1. The second-order valence-corrected chi connectivity index (χ2v) is 9.76. The third-order valence-corrected chi connectivity index (χ3v) is 7.24. The largest absolute Gasteiger partial charge is 0.486 e. The predicted octanol–water partition coefficient (Wildman–Crippen LogP) is 8.42. The number of halogens is 3. The van der Waals surface area contributed by atoms with Gasteiger partial charge >= 0.3 is 5.97 Å². The van der Waals surface area contributed by atoms with Gasteiger partial charge in [-0.25, -0.2) is 13.6 Å². The van der Waals surface area contributed by atoms with Crippen molar-refractivity contribution in [2.75, 3.05) is 11.4 Å². The highest BCUT2D eigenvalue weighted by molar-refractivity contribution is 5.92. The molecule has 0 spiro atoms. The van der Waals surface area contributed by atoms with Gasteiger partial charge in [-0.3, -0.25) is 0 Å². The van der Waals surface area contributed by atoms with Crippen LogP contribution in [-0.4, -0.2) is 23.7 Å². The number of carboxylic acid groups (broad SMARTS) is 1. The van der Waals surface area contributed by atoms with E-state index in [1.54, 1.807) is 30.0 Å². The van der Waals surface area contributed by atoms with Crippen LogP contribution in [0.25, 0.3) is 10.8 Å². The van der Waals surface area contributed by atoms with Crippen LogP contribution in [0.2, 0.25) is 0 Å². The highest BCUT2D eigenvalue weighted by atomic mass is 35.5. The van der Waals surface area contributed by atoms with Crippen LogP contribution >= 0.6 is 12.4 Å². The third kappa shape index (κ3) is 5.32. The number of ether oxygens (including phenoxy) is 1. The highest BCUT2D eigenvalue weighted by Gasteiger charge is 2.30. The molecule has 198 valence electrons. The van der Waals surface area contributed by atoms with Gasteiger partial charge in [-0.2, -0.15) is 0 Å². The van der Waals surface area contributed by atoms with Crippen molar-refractivity contribution in [1.82, 2.24) is 0 Å². The molecule has 38 heavy (non-hydrogen) atoms. The number of aryl methyl sites for hydroxylation is 1. The first-order chi connectivity index (χ1) is 17.8. The molecular formula is C31H30ClF2NO3. The monoisotopic (exact) mass is 537 g/mol. The van der Waals surface area contributed by atoms with Gasteiger partial charge in [0.1, 0.15) is 23.2 Å². The van der Waals surface area contributed by atoms with E-state index < -0.39 is 17.6 Å². The minimum atomic E-state index is -1.32. The Bertz CT molecular complexity index is 1470. The molecule has 5 rings (SSSR count). The Morgan fingerprint density at radius 1 is 1.05 bits per heavy atom. The summed E-state index contributed by atoms with van der Waals surface area (Å²) in [5, 5.41) is 12.0. The summed E-state index contributed by atoms with van der Waals surface area (Å²) in [6, 6.07) is 22.1. The van der Waals surface area contributed by atoms with Gasteiger partial charge in [0.15, 0.2) is 5.82 Å². The molecule has 1 N–H and O–H groups in total. The maximum atomic E-state index is 15.4. The molecule has 4 nitrogen and oxygen atoms in total. The van der Waals surface area contributed by atoms with Crippen molar-refractivity contribution >= 4 is 40.5 Å². The molecule has 0 bridgehead atoms. The fraction of sp³-hybridized carbons (Fsp3) is 0.258. The van der Waals surface area contributed by atoms with E-state index >= 15 is 4.39 Å². The molecule has 0 saturated heterocycles. The molecule has 0 radical (unpaired) electrons. The Morgan fingerprint density at radius 2 is 1.79 bits per heavy atom. The molecular weight excluding hydrogens is 508 g/mol. The summed E-state index contributed by atoms with van der Waals surface area (Å²) in [6.07, 6.45) is 2.19. The van der Waals surface area contributed by atoms with E-state index in [1.165, 1.54) is 28.5 Å². The molecule has 1 aliphatic heterocycles. The summed E-state index contributed by atoms with van der Waals surface area (Å²) in [5.41, 5.74) is 1.96. The zero-order chi connectivity index (χ0) is 26.1. The van der Waals surface area contributed by atoms with E-state index in [4.69, 9.17) is 4.74 Å². The van der Waals surface area contributed by atoms with Crippen molar-refractivity contribution in [1.29, 1.82) is 0 Å². The van der Waals surface area contributed by atoms with Crippen LogP contribution in [0.4, 0.5) is 20.2 Å². The van der Waals surface area contributed by atoms with Crippen molar-refractivity contribution in [3.8, 4) is 5.75 Å². The fourth-order valence-electron chi connectivity index (χ4n) is 5.32. The minimum Gasteiger partial charge on any atom is -0.486 e. The normalized spacial score (nSPS) is 15.4. The molecule has 4 aromatic rings. The van der Waals surface area contributed by atoms with Crippen LogP contribution in [0, 0.1) is 18.6 Å². The molecule has 1 unspecified atom stereocenters. The van der Waals surface area contributed by atoms with Gasteiger partial charge in [-0.15, -0.1) is 12.4 Å². The number of carbonyl (C=O) groups is 1. The molecule has 0 aliphatic carbocycles. The molecule has 0 fully saturated rings. The Kier molecular flexibility index (Phi) is 8.22. The van der Waals surface area contributed by atoms with Gasteiger partial charge in [-0.05, 0) is 72.2 Å². The number of carboxylic acids is 1. The predicted molar refractivity (Wildman–Crippen MR) is 149 cm³/mol. The number of benzene rings is 4. The first-order valence-electron chi connectivity index (χ1n) is 12.6. The maximum Gasteiger partial charge on any atom is 0.339 e. The summed E-state index contributed by atoms with van der Waals surface area (Å²) in [7, 11) is 0. The van der Waals surface area contributed by atoms with Gasteiger partial charge in [0.2, 0.25) is 0 Å². The summed E-state index contributed by atoms with van der Waals surface area (Å²) in [6.45, 7) is 4.12. The van der Waals surface area contributed by atoms with Gasteiger partial charge in [0, 0.05) is 6.07 Å². The molecule has 7 heteroatoms. The SMILES string of the molecule is Cc1ccc(N2CC(CCC[C@H](C)c3cccc4ccccc34)Oc3cc(F)ccc32)c(F)c1C(=O)O.Cl. The summed E-state index contributed by atoms with van der Waals surface area (Å²) in [4.78, 5) is 13.4. The lowest BCUT2D eigenvalue weighted by Crippen LogP contribution is -2.38. The number of fused-ring (bicyclic) bond motifs is 2. The lowest BCUT2D eigenvalue weighted by molar-refractivity contribution is 0.0691. The van der Waals surface area contributed by atoms with Crippen LogP contribution in [0.3, 0.4) is 0 Å². The Balaban J connectivity index is 0.00000336. The highest BCUT2D eigenvalue weighted by Crippen LogP contribution is 2.41. The van der Waals surface area contributed by atoms with E-state index in [0.717, 1.165) is 12.8 Å². The van der Waals surface area contributed by atoms with E-state index in [0.29, 0.717) is 35.9 Å². The molecule has 0 saturated carbocycles. The second-order valence-electron chi connectivity index (χ2n) is 9.76. The number of rotatable bonds is 7. The summed E-state index contributed by atoms with van der Waals surface area (Å²) >= 11 is 0. The zero-order valence-electron chi connectivity index (χ0n) is 21.3. The first kappa shape index (κ1) is 27.4. The average Bonchev–Trinajstić information content (AvgIpc) is 2.87. The second kappa shape index (κ2) is 11.4. The van der Waals surface area contributed by atoms with Crippen LogP contribution in [0.1, 0.15) is 53.6 Å². The topological polar surface area (TPSA) is 49.8 Å². The minimum absolute atomic E-state index is 0. The first-order valence-corrected chi connectivity index (χ1v) is 12.6. The van der Waals surface area contributed by atoms with Gasteiger partial charge in [-0.1, -0.05) is 55.5 Å². The maximum absolute atomic E-state index is 15.4. The molecule has 1 heterocycles. The molecule has 2 atom stereocenters. The standard InChI is InChI=1S/C31H29F2NO3.ClH/c1-19(24-12-6-9-21-8-3-4-11-25(21)24)7-5-10-23-18-34(26-16-14-22(32)17-28(26)37-23)27-15-13-20(2)29(30(27)33)31(35)36;/h3-4,6,8-9,11-17,19,23H,5,7,10,18H2,1-2H3,(H,35,36);1H/t19-,23?;/m0./s1. The Hall–Kier alpha value is -3.64. The van der Waals surface area contributed by atoms with E-state index in [2.05, 4.69) is 43.3 Å². The molecule has 1 aliphatic rings. The van der Waals surface area contributed by atoms with Crippen LogP contribution in [-0.2, 0) is 0 Å². The smallest absolute Gasteiger partial charge is 0.339 e. The van der Waals surface area contributed by atoms with Crippen molar-refractivity contribution in [3.05, 3.63) is 101 Å². The number of nitrogens with zero attached hydrogens (tertiary/aromatic N) is 1. The Labute approximate surface area is 227 Å². The van der Waals surface area contributed by atoms with Crippen molar-refractivity contribution < 1.29 is 23.4 Å². The van der Waals surface area contributed by atoms with E-state index in [1.807, 2.05) is 6.07 Å². The van der Waals surface area contributed by atoms with Crippen molar-refractivity contribution in [3.63, 3.8) is 0 Å². The van der Waals surface area contributed by atoms with Crippen LogP contribution in [0.15, 0.2) is 72.8 Å². The quantitative estimate of drug-likeness (QED) is 0.257. The lowest BCUT2D eigenvalue weighted by atomic mass is 9.90. The summed E-state index contributed by atoms with van der Waals surface area (Å²) in [5.74, 6) is -1.89. The fourth-order valence-corrected chi connectivity index (χ4v) is 5.32. The van der Waals surface area contributed by atoms with Crippen LogP contribution in [0.5, 0.6) is 5.75 Å². The number of hydrogen-bond acceptors (Lipinski definition) is 3. The van der Waals surface area contributed by atoms with Gasteiger partial charge in [0.25, 0.3) is 0 Å². The lowest BCUT2D eigenvalue weighted by Gasteiger charge is -2.37. The third-order valence-electron chi connectivity index (χ3n) is 7.24. The number of anilines is 2. The van der Waals surface area contributed by atoms with E-state index in [9.17, 15) is 14.3 Å². The molecule has 4 aromatic carbocycles. The Morgan fingerprint density at radius 3 is 2.58 bits per heavy atom. The van der Waals surface area contributed by atoms with Crippen molar-refractivity contribution in [2.45, 2.75) is 45.1 Å². The summed E-state index contributed by atoms with van der Waals surface area (Å²) < 4.78 is 35.6.